The second-order valence-electron chi connectivity index (χ2n) is 4.83. The van der Waals surface area contributed by atoms with E-state index < -0.39 is 4.92 Å². The van der Waals surface area contributed by atoms with Gasteiger partial charge in [0.05, 0.1) is 16.6 Å². The van der Waals surface area contributed by atoms with Gasteiger partial charge < -0.3 is 4.90 Å². The first kappa shape index (κ1) is 15.4. The van der Waals surface area contributed by atoms with Gasteiger partial charge in [0, 0.05) is 25.4 Å². The van der Waals surface area contributed by atoms with Crippen molar-refractivity contribution in [1.82, 2.24) is 4.98 Å². The van der Waals surface area contributed by atoms with Crippen molar-refractivity contribution in [2.75, 3.05) is 11.4 Å². The molecular weight excluding hydrogens is 280 g/mol. The lowest BCUT2D eigenvalue weighted by Crippen LogP contribution is -2.25. The zero-order valence-corrected chi connectivity index (χ0v) is 12.3. The Morgan fingerprint density at radius 1 is 1.32 bits per heavy atom. The molecule has 1 aromatic carbocycles. The van der Waals surface area contributed by atoms with Crippen molar-refractivity contribution in [3.63, 3.8) is 0 Å². The number of nitriles is 1. The van der Waals surface area contributed by atoms with E-state index in [1.807, 2.05) is 24.0 Å². The minimum Gasteiger partial charge on any atom is -0.347 e. The van der Waals surface area contributed by atoms with Crippen molar-refractivity contribution >= 4 is 11.5 Å². The minimum atomic E-state index is -0.413. The molecule has 0 atom stereocenters. The lowest BCUT2D eigenvalue weighted by molar-refractivity contribution is -0.384. The van der Waals surface area contributed by atoms with E-state index in [4.69, 9.17) is 5.26 Å². The summed E-state index contributed by atoms with van der Waals surface area (Å²) in [5.41, 5.74) is 1.58. The Morgan fingerprint density at radius 2 is 2.05 bits per heavy atom. The molecule has 0 spiro atoms. The summed E-state index contributed by atoms with van der Waals surface area (Å²) >= 11 is 0. The maximum atomic E-state index is 11.2. The first-order valence-corrected chi connectivity index (χ1v) is 6.99. The molecule has 6 heteroatoms. The van der Waals surface area contributed by atoms with Crippen LogP contribution in [0.4, 0.5) is 11.5 Å². The van der Waals surface area contributed by atoms with Crippen molar-refractivity contribution in [3.05, 3.63) is 63.8 Å². The highest BCUT2D eigenvalue weighted by atomic mass is 16.6. The second-order valence-corrected chi connectivity index (χ2v) is 4.83. The van der Waals surface area contributed by atoms with Crippen LogP contribution in [0.1, 0.15) is 24.5 Å². The van der Waals surface area contributed by atoms with Gasteiger partial charge in [-0.05, 0) is 30.2 Å². The number of rotatable bonds is 6. The number of nitrogens with zero attached hydrogens (tertiary/aromatic N) is 4. The number of hydrogen-bond acceptors (Lipinski definition) is 5. The van der Waals surface area contributed by atoms with Crippen LogP contribution in [0.25, 0.3) is 0 Å². The highest BCUT2D eigenvalue weighted by Crippen LogP contribution is 2.26. The van der Waals surface area contributed by atoms with E-state index in [1.165, 1.54) is 6.07 Å². The summed E-state index contributed by atoms with van der Waals surface area (Å²) in [5.74, 6) is 0.374. The predicted molar refractivity (Wildman–Crippen MR) is 83.4 cm³/mol. The molecule has 6 nitrogen and oxygen atoms in total. The fraction of sp³-hybridized carbons (Fsp3) is 0.250. The van der Waals surface area contributed by atoms with Crippen molar-refractivity contribution in [3.8, 4) is 6.07 Å². The van der Waals surface area contributed by atoms with Crippen LogP contribution in [0, 0.1) is 21.4 Å². The molecule has 1 aromatic heterocycles. The van der Waals surface area contributed by atoms with Crippen LogP contribution in [0.2, 0.25) is 0 Å². The largest absolute Gasteiger partial charge is 0.347 e. The van der Waals surface area contributed by atoms with E-state index in [2.05, 4.69) is 11.1 Å². The SMILES string of the molecule is CCCN(Cc1ccc(C#N)cc1)c1ncccc1[N+](=O)[O-]. The predicted octanol–water partition coefficient (Wildman–Crippen LogP) is 3.28. The van der Waals surface area contributed by atoms with Crippen LogP contribution >= 0.6 is 0 Å². The van der Waals surface area contributed by atoms with Crippen LogP contribution in [-0.2, 0) is 6.54 Å². The van der Waals surface area contributed by atoms with Gasteiger partial charge in [-0.1, -0.05) is 19.1 Å². The van der Waals surface area contributed by atoms with Crippen molar-refractivity contribution < 1.29 is 4.92 Å². The molecule has 0 radical (unpaired) electrons. The molecule has 0 fully saturated rings. The molecule has 2 rings (SSSR count). The highest BCUT2D eigenvalue weighted by Gasteiger charge is 2.20. The number of hydrogen-bond donors (Lipinski definition) is 0. The van der Waals surface area contributed by atoms with Gasteiger partial charge in [-0.15, -0.1) is 0 Å². The van der Waals surface area contributed by atoms with E-state index in [-0.39, 0.29) is 5.69 Å². The average molecular weight is 296 g/mol. The summed E-state index contributed by atoms with van der Waals surface area (Å²) in [4.78, 5) is 16.8. The molecule has 22 heavy (non-hydrogen) atoms. The van der Waals surface area contributed by atoms with Gasteiger partial charge >= 0.3 is 5.69 Å². The maximum absolute atomic E-state index is 11.2. The van der Waals surface area contributed by atoms with E-state index in [1.54, 1.807) is 24.4 Å². The second kappa shape index (κ2) is 7.18. The minimum absolute atomic E-state index is 0.00425. The topological polar surface area (TPSA) is 83.1 Å². The molecule has 0 aliphatic heterocycles. The number of pyridine rings is 1. The molecule has 112 valence electrons. The number of nitro groups is 1. The summed E-state index contributed by atoms with van der Waals surface area (Å²) in [5, 5.41) is 20.0. The number of aromatic nitrogens is 1. The number of benzene rings is 1. The van der Waals surface area contributed by atoms with E-state index in [0.29, 0.717) is 24.5 Å². The monoisotopic (exact) mass is 296 g/mol. The average Bonchev–Trinajstić information content (AvgIpc) is 2.55. The molecule has 2 aromatic rings. The van der Waals surface area contributed by atoms with E-state index in [9.17, 15) is 10.1 Å². The zero-order chi connectivity index (χ0) is 15.9. The van der Waals surface area contributed by atoms with Crippen LogP contribution in [0.15, 0.2) is 42.6 Å². The van der Waals surface area contributed by atoms with Gasteiger partial charge in [-0.25, -0.2) is 4.98 Å². The molecule has 0 unspecified atom stereocenters. The van der Waals surface area contributed by atoms with Crippen molar-refractivity contribution in [2.24, 2.45) is 0 Å². The third-order valence-electron chi connectivity index (χ3n) is 3.21. The standard InChI is InChI=1S/C16H16N4O2/c1-2-10-19(12-14-7-5-13(11-17)6-8-14)16-15(20(21)22)4-3-9-18-16/h3-9H,2,10,12H2,1H3. The summed E-state index contributed by atoms with van der Waals surface area (Å²) in [7, 11) is 0. The van der Waals surface area contributed by atoms with Crippen molar-refractivity contribution in [2.45, 2.75) is 19.9 Å². The quantitative estimate of drug-likeness (QED) is 0.603. The van der Waals surface area contributed by atoms with Gasteiger partial charge in [0.25, 0.3) is 0 Å². The first-order chi connectivity index (χ1) is 10.7. The summed E-state index contributed by atoms with van der Waals surface area (Å²) in [6.07, 6.45) is 2.41. The lowest BCUT2D eigenvalue weighted by atomic mass is 10.1. The van der Waals surface area contributed by atoms with Crippen LogP contribution in [0.5, 0.6) is 0 Å². The Morgan fingerprint density at radius 3 is 2.64 bits per heavy atom. The fourth-order valence-electron chi connectivity index (χ4n) is 2.21. The maximum Gasteiger partial charge on any atom is 0.311 e. The van der Waals surface area contributed by atoms with E-state index in [0.717, 1.165) is 12.0 Å². The Hall–Kier alpha value is -2.94. The molecule has 0 aliphatic carbocycles. The van der Waals surface area contributed by atoms with Crippen LogP contribution < -0.4 is 4.90 Å². The molecule has 1 heterocycles. The number of anilines is 1. The lowest BCUT2D eigenvalue weighted by Gasteiger charge is -2.22. The van der Waals surface area contributed by atoms with Crippen molar-refractivity contribution in [1.29, 1.82) is 5.26 Å². The molecular formula is C16H16N4O2. The van der Waals surface area contributed by atoms with Crippen LogP contribution in [-0.4, -0.2) is 16.5 Å². The molecule has 0 aliphatic rings. The molecule has 0 N–H and O–H groups in total. The summed E-state index contributed by atoms with van der Waals surface area (Å²) in [6.45, 7) is 3.19. The Kier molecular flexibility index (Phi) is 5.04. The Bertz CT molecular complexity index is 692. The zero-order valence-electron chi connectivity index (χ0n) is 12.3. The van der Waals surface area contributed by atoms with Crippen LogP contribution in [0.3, 0.4) is 0 Å². The Balaban J connectivity index is 2.30. The van der Waals surface area contributed by atoms with Gasteiger partial charge in [-0.2, -0.15) is 5.26 Å². The van der Waals surface area contributed by atoms with Gasteiger partial charge in [0.2, 0.25) is 5.82 Å². The van der Waals surface area contributed by atoms with Gasteiger partial charge in [0.15, 0.2) is 0 Å². The molecule has 0 bridgehead atoms. The normalized spacial score (nSPS) is 10.0. The molecule has 0 amide bonds. The fourth-order valence-corrected chi connectivity index (χ4v) is 2.21. The highest BCUT2D eigenvalue weighted by molar-refractivity contribution is 5.57. The third-order valence-corrected chi connectivity index (χ3v) is 3.21. The van der Waals surface area contributed by atoms with Gasteiger partial charge in [0.1, 0.15) is 0 Å². The molecule has 0 saturated heterocycles. The third kappa shape index (κ3) is 3.58. The summed E-state index contributed by atoms with van der Waals surface area (Å²) in [6, 6.07) is 12.3. The summed E-state index contributed by atoms with van der Waals surface area (Å²) < 4.78 is 0. The molecule has 0 saturated carbocycles. The first-order valence-electron chi connectivity index (χ1n) is 6.99. The van der Waals surface area contributed by atoms with Gasteiger partial charge in [-0.3, -0.25) is 10.1 Å². The smallest absolute Gasteiger partial charge is 0.311 e. The Labute approximate surface area is 128 Å². The van der Waals surface area contributed by atoms with E-state index >= 15 is 0 Å².